The van der Waals surface area contributed by atoms with Gasteiger partial charge < -0.3 is 5.32 Å². The summed E-state index contributed by atoms with van der Waals surface area (Å²) in [6, 6.07) is 2.11. The van der Waals surface area contributed by atoms with E-state index < -0.39 is 0 Å². The van der Waals surface area contributed by atoms with Gasteiger partial charge in [-0.2, -0.15) is 5.10 Å². The number of nitrogens with zero attached hydrogens (tertiary/aromatic N) is 4. The lowest BCUT2D eigenvalue weighted by molar-refractivity contribution is 0.575. The molecular formula is C13H19N5. The molecule has 2 aromatic heterocycles. The lowest BCUT2D eigenvalue weighted by Gasteiger charge is -2.06. The van der Waals surface area contributed by atoms with E-state index in [9.17, 15) is 0 Å². The fourth-order valence-electron chi connectivity index (χ4n) is 1.84. The van der Waals surface area contributed by atoms with Gasteiger partial charge in [-0.15, -0.1) is 0 Å². The van der Waals surface area contributed by atoms with Crippen molar-refractivity contribution in [2.24, 2.45) is 0 Å². The van der Waals surface area contributed by atoms with Crippen LogP contribution in [0.1, 0.15) is 29.7 Å². The molecular weight excluding hydrogens is 226 g/mol. The van der Waals surface area contributed by atoms with Gasteiger partial charge >= 0.3 is 0 Å². The molecule has 0 aliphatic rings. The van der Waals surface area contributed by atoms with Gasteiger partial charge in [0.1, 0.15) is 0 Å². The van der Waals surface area contributed by atoms with Crippen molar-refractivity contribution >= 4 is 0 Å². The van der Waals surface area contributed by atoms with Crippen molar-refractivity contribution in [1.82, 2.24) is 25.1 Å². The summed E-state index contributed by atoms with van der Waals surface area (Å²) < 4.78 is 2.02. The van der Waals surface area contributed by atoms with E-state index in [2.05, 4.69) is 33.4 Å². The second kappa shape index (κ2) is 5.73. The topological polar surface area (TPSA) is 55.6 Å². The monoisotopic (exact) mass is 245 g/mol. The maximum atomic E-state index is 4.42. The van der Waals surface area contributed by atoms with Crippen molar-refractivity contribution in [2.45, 2.75) is 40.4 Å². The van der Waals surface area contributed by atoms with Gasteiger partial charge in [-0.1, -0.05) is 0 Å². The van der Waals surface area contributed by atoms with E-state index in [4.69, 9.17) is 0 Å². The SMILES string of the molecule is CCn1nc(C)cc1CNCc1cnc(C)cn1. The van der Waals surface area contributed by atoms with Gasteiger partial charge in [-0.25, -0.2) is 0 Å². The summed E-state index contributed by atoms with van der Waals surface area (Å²) >= 11 is 0. The Labute approximate surface area is 107 Å². The third-order valence-electron chi connectivity index (χ3n) is 2.73. The molecule has 0 saturated carbocycles. The third kappa shape index (κ3) is 3.13. The smallest absolute Gasteiger partial charge is 0.0724 e. The minimum absolute atomic E-state index is 0.723. The van der Waals surface area contributed by atoms with Crippen LogP contribution in [0.4, 0.5) is 0 Å². The number of hydrogen-bond donors (Lipinski definition) is 1. The molecule has 0 bridgehead atoms. The maximum absolute atomic E-state index is 4.42. The second-order valence-electron chi connectivity index (χ2n) is 4.35. The summed E-state index contributed by atoms with van der Waals surface area (Å²) in [6.07, 6.45) is 3.60. The number of hydrogen-bond acceptors (Lipinski definition) is 4. The molecule has 2 rings (SSSR count). The quantitative estimate of drug-likeness (QED) is 0.869. The molecule has 2 heterocycles. The molecule has 0 aliphatic heterocycles. The van der Waals surface area contributed by atoms with Crippen molar-refractivity contribution in [3.05, 3.63) is 41.2 Å². The molecule has 0 aliphatic carbocycles. The van der Waals surface area contributed by atoms with E-state index in [0.29, 0.717) is 0 Å². The normalized spacial score (nSPS) is 10.8. The van der Waals surface area contributed by atoms with Gasteiger partial charge in [0.2, 0.25) is 0 Å². The van der Waals surface area contributed by atoms with Crippen LogP contribution in [0, 0.1) is 13.8 Å². The Balaban J connectivity index is 1.90. The fraction of sp³-hybridized carbons (Fsp3) is 0.462. The van der Waals surface area contributed by atoms with Crippen LogP contribution in [0.5, 0.6) is 0 Å². The zero-order valence-electron chi connectivity index (χ0n) is 11.1. The minimum atomic E-state index is 0.723. The predicted molar refractivity (Wildman–Crippen MR) is 70.0 cm³/mol. The van der Waals surface area contributed by atoms with Crippen molar-refractivity contribution in [2.75, 3.05) is 0 Å². The second-order valence-corrected chi connectivity index (χ2v) is 4.35. The maximum Gasteiger partial charge on any atom is 0.0724 e. The Morgan fingerprint density at radius 3 is 2.61 bits per heavy atom. The first-order valence-corrected chi connectivity index (χ1v) is 6.20. The zero-order chi connectivity index (χ0) is 13.0. The molecule has 96 valence electrons. The Bertz CT molecular complexity index is 501. The predicted octanol–water partition coefficient (Wildman–Crippen LogP) is 1.60. The summed E-state index contributed by atoms with van der Waals surface area (Å²) in [6.45, 7) is 8.47. The third-order valence-corrected chi connectivity index (χ3v) is 2.73. The van der Waals surface area contributed by atoms with Crippen LogP contribution in [0.25, 0.3) is 0 Å². The molecule has 0 radical (unpaired) electrons. The molecule has 0 saturated heterocycles. The highest BCUT2D eigenvalue weighted by Gasteiger charge is 2.03. The highest BCUT2D eigenvalue weighted by molar-refractivity contribution is 5.09. The first-order valence-electron chi connectivity index (χ1n) is 6.20. The Morgan fingerprint density at radius 1 is 1.11 bits per heavy atom. The largest absolute Gasteiger partial charge is 0.305 e. The zero-order valence-corrected chi connectivity index (χ0v) is 11.1. The minimum Gasteiger partial charge on any atom is -0.305 e. The van der Waals surface area contributed by atoms with Gasteiger partial charge in [0.25, 0.3) is 0 Å². The summed E-state index contributed by atoms with van der Waals surface area (Å²) in [4.78, 5) is 8.53. The summed E-state index contributed by atoms with van der Waals surface area (Å²) in [5, 5.41) is 7.78. The van der Waals surface area contributed by atoms with E-state index in [1.807, 2.05) is 24.7 Å². The Kier molecular flexibility index (Phi) is 4.04. The average molecular weight is 245 g/mol. The van der Waals surface area contributed by atoms with Gasteiger partial charge in [0.05, 0.1) is 22.8 Å². The molecule has 0 aromatic carbocycles. The highest BCUT2D eigenvalue weighted by atomic mass is 15.3. The van der Waals surface area contributed by atoms with E-state index in [1.54, 1.807) is 6.20 Å². The number of aromatic nitrogens is 4. The first-order chi connectivity index (χ1) is 8.69. The molecule has 0 fully saturated rings. The standard InChI is InChI=1S/C13H19N5/c1-4-18-13(5-10(2)17-18)9-14-7-12-8-15-11(3)6-16-12/h5-6,8,14H,4,7,9H2,1-3H3. The number of aryl methyl sites for hydroxylation is 3. The lowest BCUT2D eigenvalue weighted by Crippen LogP contribution is -2.17. The van der Waals surface area contributed by atoms with Crippen LogP contribution in [0.3, 0.4) is 0 Å². The number of rotatable bonds is 5. The lowest BCUT2D eigenvalue weighted by atomic mass is 10.3. The summed E-state index contributed by atoms with van der Waals surface area (Å²) in [5.74, 6) is 0. The Morgan fingerprint density at radius 2 is 1.94 bits per heavy atom. The van der Waals surface area contributed by atoms with Gasteiger partial charge in [-0.05, 0) is 26.8 Å². The Hall–Kier alpha value is -1.75. The van der Waals surface area contributed by atoms with Crippen LogP contribution in [-0.4, -0.2) is 19.7 Å². The molecule has 2 aromatic rings. The van der Waals surface area contributed by atoms with Crippen molar-refractivity contribution in [3.63, 3.8) is 0 Å². The van der Waals surface area contributed by atoms with Crippen molar-refractivity contribution < 1.29 is 0 Å². The molecule has 0 atom stereocenters. The van der Waals surface area contributed by atoms with Crippen LogP contribution in [0.15, 0.2) is 18.5 Å². The highest BCUT2D eigenvalue weighted by Crippen LogP contribution is 2.03. The van der Waals surface area contributed by atoms with Crippen molar-refractivity contribution in [3.8, 4) is 0 Å². The van der Waals surface area contributed by atoms with Gasteiger partial charge in [0, 0.05) is 32.0 Å². The molecule has 0 amide bonds. The van der Waals surface area contributed by atoms with E-state index in [-0.39, 0.29) is 0 Å². The summed E-state index contributed by atoms with van der Waals surface area (Å²) in [5.41, 5.74) is 4.16. The van der Waals surface area contributed by atoms with Gasteiger partial charge in [-0.3, -0.25) is 14.6 Å². The van der Waals surface area contributed by atoms with E-state index >= 15 is 0 Å². The van der Waals surface area contributed by atoms with Crippen LogP contribution >= 0.6 is 0 Å². The number of nitrogens with one attached hydrogen (secondary N) is 1. The van der Waals surface area contributed by atoms with Gasteiger partial charge in [0.15, 0.2) is 0 Å². The fourth-order valence-corrected chi connectivity index (χ4v) is 1.84. The van der Waals surface area contributed by atoms with E-state index in [1.165, 1.54) is 5.69 Å². The van der Waals surface area contributed by atoms with Crippen molar-refractivity contribution in [1.29, 1.82) is 0 Å². The summed E-state index contributed by atoms with van der Waals surface area (Å²) in [7, 11) is 0. The first kappa shape index (κ1) is 12.7. The average Bonchev–Trinajstić information content (AvgIpc) is 2.72. The molecule has 1 N–H and O–H groups in total. The molecule has 5 heteroatoms. The molecule has 18 heavy (non-hydrogen) atoms. The van der Waals surface area contributed by atoms with Crippen LogP contribution in [0.2, 0.25) is 0 Å². The van der Waals surface area contributed by atoms with Crippen LogP contribution in [-0.2, 0) is 19.6 Å². The molecule has 0 unspecified atom stereocenters. The van der Waals surface area contributed by atoms with E-state index in [0.717, 1.165) is 36.7 Å². The molecule has 5 nitrogen and oxygen atoms in total. The van der Waals surface area contributed by atoms with Crippen LogP contribution < -0.4 is 5.32 Å². The molecule has 0 spiro atoms.